The maximum absolute atomic E-state index is 13.8. The Labute approximate surface area is 181 Å². The third kappa shape index (κ3) is 6.76. The van der Waals surface area contributed by atoms with E-state index in [9.17, 15) is 14.0 Å². The van der Waals surface area contributed by atoms with Gasteiger partial charge in [0.1, 0.15) is 5.82 Å². The van der Waals surface area contributed by atoms with Crippen LogP contribution in [0.1, 0.15) is 21.5 Å². The lowest BCUT2D eigenvalue weighted by Gasteiger charge is -2.17. The van der Waals surface area contributed by atoms with Crippen molar-refractivity contribution in [1.29, 1.82) is 0 Å². The van der Waals surface area contributed by atoms with E-state index < -0.39 is 0 Å². The Morgan fingerprint density at radius 1 is 0.903 bits per heavy atom. The van der Waals surface area contributed by atoms with Gasteiger partial charge in [-0.3, -0.25) is 14.5 Å². The monoisotopic (exact) mass is 419 g/mol. The predicted molar refractivity (Wildman–Crippen MR) is 120 cm³/mol. The number of anilines is 1. The van der Waals surface area contributed by atoms with Gasteiger partial charge in [0.15, 0.2) is 0 Å². The molecular weight excluding hydrogens is 393 g/mol. The highest BCUT2D eigenvalue weighted by Crippen LogP contribution is 2.15. The number of hydrogen-bond acceptors (Lipinski definition) is 3. The summed E-state index contributed by atoms with van der Waals surface area (Å²) in [5.74, 6) is -0.817. The van der Waals surface area contributed by atoms with Crippen LogP contribution in [0, 0.1) is 5.82 Å². The van der Waals surface area contributed by atoms with Crippen LogP contribution in [0.3, 0.4) is 0 Å². The Kier molecular flexibility index (Phi) is 7.90. The molecule has 0 spiro atoms. The zero-order valence-corrected chi connectivity index (χ0v) is 17.5. The van der Waals surface area contributed by atoms with Crippen molar-refractivity contribution >= 4 is 17.5 Å². The molecule has 3 aromatic rings. The molecular formula is C25H26FN3O2. The molecule has 0 fully saturated rings. The Balaban J connectivity index is 1.54. The van der Waals surface area contributed by atoms with Gasteiger partial charge in [0.2, 0.25) is 5.91 Å². The van der Waals surface area contributed by atoms with Crippen LogP contribution in [0.4, 0.5) is 10.1 Å². The molecule has 31 heavy (non-hydrogen) atoms. The highest BCUT2D eigenvalue weighted by atomic mass is 19.1. The van der Waals surface area contributed by atoms with E-state index in [1.165, 1.54) is 6.07 Å². The number of nitrogens with one attached hydrogen (secondary N) is 2. The van der Waals surface area contributed by atoms with Gasteiger partial charge in [0.05, 0.1) is 17.8 Å². The number of likely N-dealkylation sites (N-methyl/N-ethyl adjacent to an activating group) is 1. The van der Waals surface area contributed by atoms with Gasteiger partial charge in [-0.15, -0.1) is 0 Å². The molecule has 3 aromatic carbocycles. The third-order valence-corrected chi connectivity index (χ3v) is 4.80. The summed E-state index contributed by atoms with van der Waals surface area (Å²) in [6, 6.07) is 23.3. The van der Waals surface area contributed by atoms with Crippen molar-refractivity contribution in [2.45, 2.75) is 13.0 Å². The number of carbonyl (C=O) groups excluding carboxylic acids is 2. The van der Waals surface area contributed by atoms with Crippen LogP contribution in [-0.4, -0.2) is 36.9 Å². The van der Waals surface area contributed by atoms with Crippen LogP contribution < -0.4 is 10.6 Å². The molecule has 0 aliphatic carbocycles. The van der Waals surface area contributed by atoms with Crippen LogP contribution >= 0.6 is 0 Å². The fourth-order valence-corrected chi connectivity index (χ4v) is 3.26. The molecule has 0 atom stereocenters. The fraction of sp³-hybridized carbons (Fsp3) is 0.200. The summed E-state index contributed by atoms with van der Waals surface area (Å²) < 4.78 is 13.8. The molecule has 0 unspecified atom stereocenters. The van der Waals surface area contributed by atoms with E-state index in [0.717, 1.165) is 12.0 Å². The van der Waals surface area contributed by atoms with E-state index in [2.05, 4.69) is 10.6 Å². The highest BCUT2D eigenvalue weighted by molar-refractivity contribution is 6.04. The van der Waals surface area contributed by atoms with E-state index in [1.807, 2.05) is 30.3 Å². The Hall–Kier alpha value is -3.51. The summed E-state index contributed by atoms with van der Waals surface area (Å²) in [5.41, 5.74) is 2.52. The first kappa shape index (κ1) is 22.2. The Morgan fingerprint density at radius 3 is 2.35 bits per heavy atom. The topological polar surface area (TPSA) is 61.4 Å². The second kappa shape index (κ2) is 11.0. The number of halogens is 1. The number of amides is 2. The highest BCUT2D eigenvalue weighted by Gasteiger charge is 2.14. The molecule has 2 N–H and O–H groups in total. The molecule has 0 aliphatic heterocycles. The SMILES string of the molecule is CN(CC(=O)Nc1ccccc1C(=O)NCCc1ccccc1)Cc1ccccc1F. The van der Waals surface area contributed by atoms with Gasteiger partial charge < -0.3 is 10.6 Å². The van der Waals surface area contributed by atoms with Crippen molar-refractivity contribution in [1.82, 2.24) is 10.2 Å². The molecule has 160 valence electrons. The molecule has 2 amide bonds. The second-order valence-electron chi connectivity index (χ2n) is 7.35. The number of rotatable bonds is 9. The van der Waals surface area contributed by atoms with Crippen LogP contribution in [-0.2, 0) is 17.8 Å². The molecule has 3 rings (SSSR count). The van der Waals surface area contributed by atoms with E-state index in [4.69, 9.17) is 0 Å². The average molecular weight is 420 g/mol. The number of carbonyl (C=O) groups is 2. The lowest BCUT2D eigenvalue weighted by Crippen LogP contribution is -2.31. The van der Waals surface area contributed by atoms with Crippen molar-refractivity contribution in [3.05, 3.63) is 101 Å². The summed E-state index contributed by atoms with van der Waals surface area (Å²) in [5, 5.41) is 5.69. The molecule has 0 saturated carbocycles. The minimum absolute atomic E-state index is 0.0678. The van der Waals surface area contributed by atoms with Crippen LogP contribution in [0.2, 0.25) is 0 Å². The number of para-hydroxylation sites is 1. The molecule has 0 radical (unpaired) electrons. The van der Waals surface area contributed by atoms with Gasteiger partial charge in [-0.05, 0) is 37.2 Å². The Bertz CT molecular complexity index is 1020. The minimum Gasteiger partial charge on any atom is -0.352 e. The van der Waals surface area contributed by atoms with Crippen LogP contribution in [0.25, 0.3) is 0 Å². The molecule has 0 aliphatic rings. The first-order valence-corrected chi connectivity index (χ1v) is 10.2. The van der Waals surface area contributed by atoms with Gasteiger partial charge in [0.25, 0.3) is 5.91 Å². The number of nitrogens with zero attached hydrogens (tertiary/aromatic N) is 1. The quantitative estimate of drug-likeness (QED) is 0.554. The zero-order valence-electron chi connectivity index (χ0n) is 17.5. The van der Waals surface area contributed by atoms with Crippen LogP contribution in [0.15, 0.2) is 78.9 Å². The third-order valence-electron chi connectivity index (χ3n) is 4.80. The zero-order chi connectivity index (χ0) is 22.1. The van der Waals surface area contributed by atoms with E-state index in [1.54, 1.807) is 54.4 Å². The van der Waals surface area contributed by atoms with Gasteiger partial charge >= 0.3 is 0 Å². The van der Waals surface area contributed by atoms with E-state index in [0.29, 0.717) is 29.9 Å². The smallest absolute Gasteiger partial charge is 0.253 e. The summed E-state index contributed by atoms with van der Waals surface area (Å²) in [6.07, 6.45) is 0.724. The number of benzene rings is 3. The van der Waals surface area contributed by atoms with Gasteiger partial charge in [0, 0.05) is 18.7 Å². The summed E-state index contributed by atoms with van der Waals surface area (Å²) in [6.45, 7) is 0.872. The Morgan fingerprint density at radius 2 is 1.58 bits per heavy atom. The lowest BCUT2D eigenvalue weighted by molar-refractivity contribution is -0.117. The fourth-order valence-electron chi connectivity index (χ4n) is 3.26. The van der Waals surface area contributed by atoms with Crippen LogP contribution in [0.5, 0.6) is 0 Å². The standard InChI is InChI=1S/C25H26FN3O2/c1-29(17-20-11-5-7-13-22(20)26)18-24(30)28-23-14-8-6-12-21(23)25(31)27-16-15-19-9-3-2-4-10-19/h2-14H,15-18H2,1H3,(H,27,31)(H,28,30). The normalized spacial score (nSPS) is 10.7. The predicted octanol–water partition coefficient (Wildman–Crippen LogP) is 3.87. The lowest BCUT2D eigenvalue weighted by atomic mass is 10.1. The average Bonchev–Trinajstić information content (AvgIpc) is 2.76. The molecule has 6 heteroatoms. The first-order chi connectivity index (χ1) is 15.0. The van der Waals surface area contributed by atoms with Crippen molar-refractivity contribution < 1.29 is 14.0 Å². The van der Waals surface area contributed by atoms with Crippen molar-refractivity contribution in [2.24, 2.45) is 0 Å². The van der Waals surface area contributed by atoms with Gasteiger partial charge in [-0.2, -0.15) is 0 Å². The van der Waals surface area contributed by atoms with E-state index >= 15 is 0 Å². The second-order valence-corrected chi connectivity index (χ2v) is 7.35. The van der Waals surface area contributed by atoms with E-state index in [-0.39, 0.29) is 24.2 Å². The number of hydrogen-bond donors (Lipinski definition) is 2. The summed E-state index contributed by atoms with van der Waals surface area (Å²) >= 11 is 0. The first-order valence-electron chi connectivity index (χ1n) is 10.2. The molecule has 0 aromatic heterocycles. The van der Waals surface area contributed by atoms with Crippen molar-refractivity contribution in [3.8, 4) is 0 Å². The molecule has 5 nitrogen and oxygen atoms in total. The van der Waals surface area contributed by atoms with Crippen molar-refractivity contribution in [2.75, 3.05) is 25.5 Å². The largest absolute Gasteiger partial charge is 0.352 e. The maximum atomic E-state index is 13.8. The van der Waals surface area contributed by atoms with Gasteiger partial charge in [-0.1, -0.05) is 60.7 Å². The maximum Gasteiger partial charge on any atom is 0.253 e. The summed E-state index contributed by atoms with van der Waals surface area (Å²) in [7, 11) is 1.74. The van der Waals surface area contributed by atoms with Gasteiger partial charge in [-0.25, -0.2) is 4.39 Å². The minimum atomic E-state index is -0.299. The molecule has 0 heterocycles. The molecule has 0 saturated heterocycles. The summed E-state index contributed by atoms with van der Waals surface area (Å²) in [4.78, 5) is 26.8. The molecule has 0 bridgehead atoms. The van der Waals surface area contributed by atoms with Crippen molar-refractivity contribution in [3.63, 3.8) is 0 Å².